The fraction of sp³-hybridized carbons (Fsp3) is 0.400. The molecular formula is C10H15BO. The molecule has 0 aliphatic rings. The van der Waals surface area contributed by atoms with Gasteiger partial charge in [-0.2, -0.15) is 0 Å². The average molecular weight is 162 g/mol. The molecule has 0 fully saturated rings. The van der Waals surface area contributed by atoms with Crippen LogP contribution in [0.25, 0.3) is 0 Å². The Bertz CT molecular complexity index is 281. The van der Waals surface area contributed by atoms with Crippen molar-refractivity contribution in [1.82, 2.24) is 0 Å². The van der Waals surface area contributed by atoms with E-state index in [1.165, 1.54) is 16.6 Å². The van der Waals surface area contributed by atoms with Crippen LogP contribution in [0.5, 0.6) is 5.75 Å². The van der Waals surface area contributed by atoms with Crippen molar-refractivity contribution in [3.8, 4) is 5.75 Å². The molecule has 0 amide bonds. The first kappa shape index (κ1) is 9.18. The van der Waals surface area contributed by atoms with Gasteiger partial charge in [0.2, 0.25) is 0 Å². The summed E-state index contributed by atoms with van der Waals surface area (Å²) in [5, 5.41) is 0. The van der Waals surface area contributed by atoms with Crippen LogP contribution in [-0.4, -0.2) is 14.4 Å². The zero-order chi connectivity index (χ0) is 9.14. The summed E-state index contributed by atoms with van der Waals surface area (Å²) in [7, 11) is 2.77. The maximum absolute atomic E-state index is 5.32. The minimum Gasteiger partial charge on any atom is -0.497 e. The standard InChI is InChI=1S/C10H15BO/c1-7-5-8(2)10(12-4)9(6-7)11-3/h5-6,11H,1-4H3. The first-order chi connectivity index (χ1) is 5.69. The number of methoxy groups -OCH3 is 1. The minimum atomic E-state index is 1.03. The molecule has 1 rings (SSSR count). The molecule has 12 heavy (non-hydrogen) atoms. The van der Waals surface area contributed by atoms with E-state index >= 15 is 0 Å². The molecule has 0 unspecified atom stereocenters. The fourth-order valence-electron chi connectivity index (χ4n) is 1.60. The molecular weight excluding hydrogens is 147 g/mol. The van der Waals surface area contributed by atoms with Gasteiger partial charge in [-0.05, 0) is 24.9 Å². The van der Waals surface area contributed by atoms with E-state index in [4.69, 9.17) is 4.74 Å². The minimum absolute atomic E-state index is 1.03. The second kappa shape index (κ2) is 3.66. The van der Waals surface area contributed by atoms with Crippen molar-refractivity contribution in [1.29, 1.82) is 0 Å². The lowest BCUT2D eigenvalue weighted by atomic mass is 9.71. The van der Waals surface area contributed by atoms with Gasteiger partial charge in [-0.3, -0.25) is 0 Å². The lowest BCUT2D eigenvalue weighted by Gasteiger charge is -2.10. The Balaban J connectivity index is 3.24. The van der Waals surface area contributed by atoms with Gasteiger partial charge in [0.1, 0.15) is 5.75 Å². The summed E-state index contributed by atoms with van der Waals surface area (Å²) in [6, 6.07) is 4.34. The van der Waals surface area contributed by atoms with Crippen LogP contribution in [0.1, 0.15) is 11.1 Å². The highest BCUT2D eigenvalue weighted by molar-refractivity contribution is 6.53. The van der Waals surface area contributed by atoms with Gasteiger partial charge in [0, 0.05) is 0 Å². The van der Waals surface area contributed by atoms with Crippen LogP contribution in [0.15, 0.2) is 12.1 Å². The molecule has 0 radical (unpaired) electrons. The van der Waals surface area contributed by atoms with Gasteiger partial charge in [0.15, 0.2) is 7.28 Å². The quantitative estimate of drug-likeness (QED) is 0.597. The van der Waals surface area contributed by atoms with E-state index < -0.39 is 0 Å². The van der Waals surface area contributed by atoms with E-state index in [1.54, 1.807) is 7.11 Å². The Morgan fingerprint density at radius 1 is 1.25 bits per heavy atom. The molecule has 0 aliphatic carbocycles. The van der Waals surface area contributed by atoms with E-state index in [0.717, 1.165) is 13.0 Å². The van der Waals surface area contributed by atoms with E-state index in [9.17, 15) is 0 Å². The molecule has 0 spiro atoms. The predicted molar refractivity (Wildman–Crippen MR) is 55.1 cm³/mol. The molecule has 0 atom stereocenters. The van der Waals surface area contributed by atoms with Gasteiger partial charge in [0.25, 0.3) is 0 Å². The van der Waals surface area contributed by atoms with Crippen LogP contribution < -0.4 is 10.2 Å². The average Bonchev–Trinajstić information content (AvgIpc) is 2.03. The molecule has 0 bridgehead atoms. The van der Waals surface area contributed by atoms with Crippen molar-refractivity contribution in [2.45, 2.75) is 20.7 Å². The number of rotatable bonds is 2. The highest BCUT2D eigenvalue weighted by atomic mass is 16.5. The second-order valence-electron chi connectivity index (χ2n) is 3.13. The molecule has 64 valence electrons. The van der Waals surface area contributed by atoms with Gasteiger partial charge in [0.05, 0.1) is 7.11 Å². The zero-order valence-electron chi connectivity index (χ0n) is 8.27. The van der Waals surface area contributed by atoms with E-state index in [1.807, 2.05) is 0 Å². The number of benzene rings is 1. The fourth-order valence-corrected chi connectivity index (χ4v) is 1.60. The van der Waals surface area contributed by atoms with Crippen molar-refractivity contribution >= 4 is 12.7 Å². The summed E-state index contributed by atoms with van der Waals surface area (Å²) in [6.45, 7) is 6.35. The van der Waals surface area contributed by atoms with Crippen LogP contribution in [0.2, 0.25) is 6.82 Å². The highest BCUT2D eigenvalue weighted by Crippen LogP contribution is 2.15. The second-order valence-corrected chi connectivity index (χ2v) is 3.13. The van der Waals surface area contributed by atoms with Crippen molar-refractivity contribution in [3.05, 3.63) is 23.3 Å². The zero-order valence-corrected chi connectivity index (χ0v) is 8.27. The van der Waals surface area contributed by atoms with Gasteiger partial charge >= 0.3 is 0 Å². The Labute approximate surface area is 75.0 Å². The molecule has 2 heteroatoms. The Kier molecular flexibility index (Phi) is 2.80. The normalized spacial score (nSPS) is 9.67. The van der Waals surface area contributed by atoms with E-state index in [2.05, 4.69) is 32.8 Å². The predicted octanol–water partition coefficient (Wildman–Crippen LogP) is 1.42. The topological polar surface area (TPSA) is 9.23 Å². The van der Waals surface area contributed by atoms with Crippen LogP contribution in [0, 0.1) is 13.8 Å². The first-order valence-corrected chi connectivity index (χ1v) is 4.33. The van der Waals surface area contributed by atoms with E-state index in [0.29, 0.717) is 0 Å². The molecule has 1 aromatic carbocycles. The Morgan fingerprint density at radius 3 is 2.42 bits per heavy atom. The maximum Gasteiger partial charge on any atom is 0.159 e. The number of hydrogen-bond donors (Lipinski definition) is 0. The lowest BCUT2D eigenvalue weighted by molar-refractivity contribution is 0.415. The first-order valence-electron chi connectivity index (χ1n) is 4.33. The summed E-state index contributed by atoms with van der Waals surface area (Å²) < 4.78 is 5.32. The third-order valence-corrected chi connectivity index (χ3v) is 2.08. The Morgan fingerprint density at radius 2 is 1.92 bits per heavy atom. The largest absolute Gasteiger partial charge is 0.497 e. The number of ether oxygens (including phenoxy) is 1. The van der Waals surface area contributed by atoms with Crippen LogP contribution in [0.3, 0.4) is 0 Å². The van der Waals surface area contributed by atoms with Gasteiger partial charge in [-0.25, -0.2) is 0 Å². The number of hydrogen-bond acceptors (Lipinski definition) is 1. The lowest BCUT2D eigenvalue weighted by Crippen LogP contribution is -2.15. The summed E-state index contributed by atoms with van der Waals surface area (Å²) >= 11 is 0. The number of aryl methyl sites for hydroxylation is 2. The van der Waals surface area contributed by atoms with Gasteiger partial charge < -0.3 is 4.74 Å². The molecule has 1 aromatic rings. The summed E-state index contributed by atoms with van der Waals surface area (Å²) in [6.07, 6.45) is 0. The molecule has 0 saturated carbocycles. The van der Waals surface area contributed by atoms with Crippen molar-refractivity contribution in [2.75, 3.05) is 7.11 Å². The SMILES string of the molecule is CBc1cc(C)cc(C)c1OC. The molecule has 0 aromatic heterocycles. The van der Waals surface area contributed by atoms with Crippen molar-refractivity contribution < 1.29 is 4.74 Å². The third kappa shape index (κ3) is 1.63. The van der Waals surface area contributed by atoms with Crippen molar-refractivity contribution in [3.63, 3.8) is 0 Å². The maximum atomic E-state index is 5.32. The molecule has 1 nitrogen and oxygen atoms in total. The smallest absolute Gasteiger partial charge is 0.159 e. The summed E-state index contributed by atoms with van der Waals surface area (Å²) in [5.41, 5.74) is 3.84. The van der Waals surface area contributed by atoms with Crippen molar-refractivity contribution in [2.24, 2.45) is 0 Å². The van der Waals surface area contributed by atoms with Gasteiger partial charge in [-0.1, -0.05) is 24.5 Å². The summed E-state index contributed by atoms with van der Waals surface area (Å²) in [5.74, 6) is 1.04. The molecule has 0 saturated heterocycles. The van der Waals surface area contributed by atoms with E-state index in [-0.39, 0.29) is 0 Å². The van der Waals surface area contributed by atoms with Crippen LogP contribution in [-0.2, 0) is 0 Å². The molecule has 0 aliphatic heterocycles. The summed E-state index contributed by atoms with van der Waals surface area (Å²) in [4.78, 5) is 0. The molecule has 0 heterocycles. The molecule has 0 N–H and O–H groups in total. The van der Waals surface area contributed by atoms with Gasteiger partial charge in [-0.15, -0.1) is 0 Å². The monoisotopic (exact) mass is 162 g/mol. The van der Waals surface area contributed by atoms with Crippen LogP contribution >= 0.6 is 0 Å². The Hall–Kier alpha value is -0.915. The highest BCUT2D eigenvalue weighted by Gasteiger charge is 2.04. The van der Waals surface area contributed by atoms with Crippen LogP contribution in [0.4, 0.5) is 0 Å². The third-order valence-electron chi connectivity index (χ3n) is 2.08.